The molecule has 0 aromatic rings. The minimum atomic E-state index is -0.813. The number of allylic oxidation sites excluding steroid dienone is 12. The van der Waals surface area contributed by atoms with Gasteiger partial charge in [0.25, 0.3) is 0 Å². The average molecular weight is 739 g/mol. The van der Waals surface area contributed by atoms with E-state index in [0.29, 0.717) is 12.8 Å². The van der Waals surface area contributed by atoms with Crippen molar-refractivity contribution in [2.45, 2.75) is 206 Å². The van der Waals surface area contributed by atoms with Crippen LogP contribution in [0, 0.1) is 0 Å². The van der Waals surface area contributed by atoms with Crippen LogP contribution in [0.2, 0.25) is 0 Å². The molecule has 1 unspecified atom stereocenters. The van der Waals surface area contributed by atoms with Crippen LogP contribution in [-0.4, -0.2) is 36.4 Å². The molecule has 304 valence electrons. The molecule has 0 fully saturated rings. The summed E-state index contributed by atoms with van der Waals surface area (Å²) in [6.45, 7) is 3.97. The largest absolute Gasteiger partial charge is 0.462 e. The molecule has 0 spiro atoms. The Balaban J connectivity index is 3.63. The summed E-state index contributed by atoms with van der Waals surface area (Å²) in [6, 6.07) is 0. The molecular formula is C48H82O5. The third-order valence-corrected chi connectivity index (χ3v) is 9.28. The van der Waals surface area contributed by atoms with Crippen LogP contribution in [0.3, 0.4) is 0 Å². The first-order valence-electron chi connectivity index (χ1n) is 22.0. The smallest absolute Gasteiger partial charge is 0.306 e. The molecule has 5 nitrogen and oxygen atoms in total. The van der Waals surface area contributed by atoms with Crippen LogP contribution < -0.4 is 0 Å². The quantitative estimate of drug-likeness (QED) is 0.0386. The molecule has 0 aliphatic rings. The Labute approximate surface area is 327 Å². The van der Waals surface area contributed by atoms with Gasteiger partial charge in [0.15, 0.2) is 6.10 Å². The van der Waals surface area contributed by atoms with Gasteiger partial charge in [0, 0.05) is 12.8 Å². The highest BCUT2D eigenvalue weighted by molar-refractivity contribution is 5.70. The van der Waals surface area contributed by atoms with Gasteiger partial charge in [0.2, 0.25) is 0 Å². The van der Waals surface area contributed by atoms with Gasteiger partial charge in [-0.25, -0.2) is 0 Å². The Bertz CT molecular complexity index is 972. The summed E-state index contributed by atoms with van der Waals surface area (Å²) in [4.78, 5) is 24.3. The topological polar surface area (TPSA) is 72.8 Å². The van der Waals surface area contributed by atoms with E-state index in [4.69, 9.17) is 9.47 Å². The number of ether oxygens (including phenoxy) is 2. The molecule has 0 aromatic carbocycles. The zero-order chi connectivity index (χ0) is 38.6. The Morgan fingerprint density at radius 1 is 0.453 bits per heavy atom. The van der Waals surface area contributed by atoms with E-state index in [0.717, 1.165) is 57.8 Å². The van der Waals surface area contributed by atoms with E-state index in [9.17, 15) is 14.7 Å². The second kappa shape index (κ2) is 43.7. The summed E-state index contributed by atoms with van der Waals surface area (Å²) in [6.07, 6.45) is 58.4. The molecule has 0 amide bonds. The molecule has 0 saturated carbocycles. The highest BCUT2D eigenvalue weighted by Crippen LogP contribution is 2.15. The molecule has 0 aliphatic heterocycles. The van der Waals surface area contributed by atoms with Crippen LogP contribution in [0.15, 0.2) is 72.9 Å². The Morgan fingerprint density at radius 2 is 0.811 bits per heavy atom. The molecule has 5 heteroatoms. The average Bonchev–Trinajstić information content (AvgIpc) is 3.16. The molecule has 53 heavy (non-hydrogen) atoms. The number of aliphatic hydroxyl groups is 1. The zero-order valence-corrected chi connectivity index (χ0v) is 34.5. The summed E-state index contributed by atoms with van der Waals surface area (Å²) >= 11 is 0. The lowest BCUT2D eigenvalue weighted by Gasteiger charge is -2.15. The standard InChI is InChI=1S/C48H82O5/c1-3-5-7-9-11-13-15-17-19-21-23-25-26-28-30-32-34-36-38-40-42-47(50)52-45-46(44-49)53-48(51)43-41-39-37-35-33-31-29-27-24-22-20-18-16-14-12-10-8-6-4-2/h6,8,12,14,18,20,24,27,31,33,37,39,46,49H,3-5,7,9-11,13,15-17,19,21-23,25-26,28-30,32,34-36,38,40-45H2,1-2H3/b8-6-,14-12-,20-18-,27-24-,33-31-,39-37-. The van der Waals surface area contributed by atoms with Gasteiger partial charge in [0.05, 0.1) is 6.61 Å². The molecule has 0 bridgehead atoms. The van der Waals surface area contributed by atoms with Crippen molar-refractivity contribution in [2.24, 2.45) is 0 Å². The van der Waals surface area contributed by atoms with Crippen molar-refractivity contribution >= 4 is 11.9 Å². The van der Waals surface area contributed by atoms with Crippen molar-refractivity contribution in [2.75, 3.05) is 13.2 Å². The lowest BCUT2D eigenvalue weighted by atomic mass is 10.0. The summed E-state index contributed by atoms with van der Waals surface area (Å²) in [5.41, 5.74) is 0. The molecule has 0 heterocycles. The van der Waals surface area contributed by atoms with Crippen LogP contribution in [0.1, 0.15) is 200 Å². The first kappa shape index (κ1) is 50.3. The van der Waals surface area contributed by atoms with Crippen LogP contribution in [-0.2, 0) is 19.1 Å². The SMILES string of the molecule is CC/C=C\C/C=C\C/C=C\C/C=C\C/C=C\C/C=C\CCC(=O)OC(CO)COC(=O)CCCCCCCCCCCCCCCCCCCCCC. The van der Waals surface area contributed by atoms with Crippen molar-refractivity contribution in [1.29, 1.82) is 0 Å². The van der Waals surface area contributed by atoms with Gasteiger partial charge < -0.3 is 14.6 Å². The van der Waals surface area contributed by atoms with Gasteiger partial charge in [0.1, 0.15) is 6.61 Å². The molecule has 0 radical (unpaired) electrons. The third-order valence-electron chi connectivity index (χ3n) is 9.28. The lowest BCUT2D eigenvalue weighted by Crippen LogP contribution is -2.28. The normalized spacial score (nSPS) is 12.9. The molecule has 0 aliphatic carbocycles. The Kier molecular flexibility index (Phi) is 41.5. The van der Waals surface area contributed by atoms with Crippen LogP contribution in [0.4, 0.5) is 0 Å². The number of hydrogen-bond acceptors (Lipinski definition) is 5. The van der Waals surface area contributed by atoms with E-state index in [1.807, 2.05) is 12.2 Å². The van der Waals surface area contributed by atoms with Gasteiger partial charge in [-0.05, 0) is 51.4 Å². The lowest BCUT2D eigenvalue weighted by molar-refractivity contribution is -0.161. The van der Waals surface area contributed by atoms with Crippen LogP contribution in [0.5, 0.6) is 0 Å². The van der Waals surface area contributed by atoms with E-state index in [2.05, 4.69) is 74.6 Å². The summed E-state index contributed by atoms with van der Waals surface area (Å²) in [7, 11) is 0. The second-order valence-corrected chi connectivity index (χ2v) is 14.4. The van der Waals surface area contributed by atoms with E-state index in [-0.39, 0.29) is 25.6 Å². The van der Waals surface area contributed by atoms with Gasteiger partial charge in [-0.1, -0.05) is 209 Å². The highest BCUT2D eigenvalue weighted by atomic mass is 16.6. The third kappa shape index (κ3) is 42.0. The minimum absolute atomic E-state index is 0.0970. The molecule has 1 N–H and O–H groups in total. The van der Waals surface area contributed by atoms with Crippen molar-refractivity contribution in [3.05, 3.63) is 72.9 Å². The first-order valence-corrected chi connectivity index (χ1v) is 22.0. The maximum absolute atomic E-state index is 12.2. The Morgan fingerprint density at radius 3 is 1.19 bits per heavy atom. The van der Waals surface area contributed by atoms with Gasteiger partial charge in [-0.3, -0.25) is 9.59 Å². The second-order valence-electron chi connectivity index (χ2n) is 14.4. The van der Waals surface area contributed by atoms with E-state index in [1.165, 1.54) is 109 Å². The van der Waals surface area contributed by atoms with Crippen molar-refractivity contribution in [1.82, 2.24) is 0 Å². The van der Waals surface area contributed by atoms with Gasteiger partial charge >= 0.3 is 11.9 Å². The maximum Gasteiger partial charge on any atom is 0.306 e. The number of hydrogen-bond donors (Lipinski definition) is 1. The fourth-order valence-electron chi connectivity index (χ4n) is 5.99. The molecule has 0 saturated heterocycles. The number of rotatable bonds is 39. The van der Waals surface area contributed by atoms with E-state index in [1.54, 1.807) is 0 Å². The van der Waals surface area contributed by atoms with Gasteiger partial charge in [-0.15, -0.1) is 0 Å². The van der Waals surface area contributed by atoms with Gasteiger partial charge in [-0.2, -0.15) is 0 Å². The van der Waals surface area contributed by atoms with Crippen LogP contribution >= 0.6 is 0 Å². The van der Waals surface area contributed by atoms with Crippen LogP contribution in [0.25, 0.3) is 0 Å². The number of carbonyl (C=O) groups is 2. The predicted molar refractivity (Wildman–Crippen MR) is 228 cm³/mol. The molecule has 0 aromatic heterocycles. The Hall–Kier alpha value is -2.66. The minimum Gasteiger partial charge on any atom is -0.462 e. The number of esters is 2. The van der Waals surface area contributed by atoms with Crippen molar-refractivity contribution in [3.63, 3.8) is 0 Å². The van der Waals surface area contributed by atoms with Crippen molar-refractivity contribution < 1.29 is 24.2 Å². The molecular weight excluding hydrogens is 657 g/mol. The molecule has 1 atom stereocenters. The number of unbranched alkanes of at least 4 members (excludes halogenated alkanes) is 19. The van der Waals surface area contributed by atoms with E-state index >= 15 is 0 Å². The summed E-state index contributed by atoms with van der Waals surface area (Å²) in [5, 5.41) is 9.57. The first-order chi connectivity index (χ1) is 26.1. The fourth-order valence-corrected chi connectivity index (χ4v) is 5.99. The van der Waals surface area contributed by atoms with Crippen molar-refractivity contribution in [3.8, 4) is 0 Å². The predicted octanol–water partition coefficient (Wildman–Crippen LogP) is 14.1. The number of carbonyl (C=O) groups excluding carboxylic acids is 2. The van der Waals surface area contributed by atoms with E-state index < -0.39 is 12.1 Å². The highest BCUT2D eigenvalue weighted by Gasteiger charge is 2.15. The summed E-state index contributed by atoms with van der Waals surface area (Å²) < 4.78 is 10.6. The maximum atomic E-state index is 12.2. The fraction of sp³-hybridized carbons (Fsp3) is 0.708. The zero-order valence-electron chi connectivity index (χ0n) is 34.5. The molecule has 0 rings (SSSR count). The summed E-state index contributed by atoms with van der Waals surface area (Å²) in [5.74, 6) is -0.686. The monoisotopic (exact) mass is 739 g/mol. The number of aliphatic hydroxyl groups excluding tert-OH is 1.